The minimum absolute atomic E-state index is 0.156. The van der Waals surface area contributed by atoms with Crippen LogP contribution in [-0.4, -0.2) is 17.5 Å². The quantitative estimate of drug-likeness (QED) is 0.672. The number of ether oxygens (including phenoxy) is 1. The van der Waals surface area contributed by atoms with Gasteiger partial charge in [-0.3, -0.25) is 9.78 Å². The number of carbonyl (C=O) groups excluding carboxylic acids is 1. The molecule has 0 unspecified atom stereocenters. The van der Waals surface area contributed by atoms with E-state index in [0.717, 1.165) is 46.1 Å². The third-order valence-electron chi connectivity index (χ3n) is 4.56. The van der Waals surface area contributed by atoms with Gasteiger partial charge in [-0.2, -0.15) is 0 Å². The number of pyridine rings is 1. The lowest BCUT2D eigenvalue weighted by molar-refractivity contribution is -0.119. The first-order valence-corrected chi connectivity index (χ1v) is 9.17. The van der Waals surface area contributed by atoms with Gasteiger partial charge in [-0.15, -0.1) is 0 Å². The highest BCUT2D eigenvalue weighted by molar-refractivity contribution is 5.97. The second-order valence-corrected chi connectivity index (χ2v) is 6.67. The van der Waals surface area contributed by atoms with Gasteiger partial charge in [0, 0.05) is 17.6 Å². The molecule has 0 fully saturated rings. The minimum atomic E-state index is -0.507. The maximum atomic E-state index is 11.0. The largest absolute Gasteiger partial charge is 0.484 e. The molecule has 0 atom stereocenters. The van der Waals surface area contributed by atoms with Gasteiger partial charge >= 0.3 is 0 Å². The molecular weight excluding hydrogens is 338 g/mol. The Morgan fingerprint density at radius 1 is 1.15 bits per heavy atom. The third-order valence-corrected chi connectivity index (χ3v) is 4.56. The van der Waals surface area contributed by atoms with Gasteiger partial charge in [0.05, 0.1) is 5.52 Å². The number of carbonyl (C=O) groups is 1. The highest BCUT2D eigenvalue weighted by Gasteiger charge is 2.16. The Balaban J connectivity index is 2.25. The monoisotopic (exact) mass is 363 g/mol. The summed E-state index contributed by atoms with van der Waals surface area (Å²) in [5.41, 5.74) is 17.7. The second-order valence-electron chi connectivity index (χ2n) is 6.67. The van der Waals surface area contributed by atoms with Crippen LogP contribution in [0.4, 0.5) is 0 Å². The molecule has 2 aromatic carbocycles. The van der Waals surface area contributed by atoms with Gasteiger partial charge in [0.2, 0.25) is 0 Å². The molecule has 3 aromatic rings. The molecular formula is C22H25N3O2. The molecule has 0 bridgehead atoms. The smallest absolute Gasteiger partial charge is 0.255 e. The van der Waals surface area contributed by atoms with Crippen LogP contribution in [0.1, 0.15) is 30.2 Å². The molecule has 5 nitrogen and oxygen atoms in total. The summed E-state index contributed by atoms with van der Waals surface area (Å²) in [5, 5.41) is 0.959. The number of primary amides is 1. The van der Waals surface area contributed by atoms with Crippen molar-refractivity contribution in [3.8, 4) is 16.9 Å². The van der Waals surface area contributed by atoms with Crippen molar-refractivity contribution in [1.29, 1.82) is 0 Å². The molecule has 5 heteroatoms. The van der Waals surface area contributed by atoms with Crippen LogP contribution < -0.4 is 16.2 Å². The number of fused-ring (bicyclic) bond motifs is 1. The Hall–Kier alpha value is -2.92. The van der Waals surface area contributed by atoms with Crippen molar-refractivity contribution in [2.24, 2.45) is 11.5 Å². The molecule has 27 heavy (non-hydrogen) atoms. The topological polar surface area (TPSA) is 91.2 Å². The van der Waals surface area contributed by atoms with Crippen LogP contribution in [0.3, 0.4) is 0 Å². The number of rotatable bonds is 7. The summed E-state index contributed by atoms with van der Waals surface area (Å²) in [5.74, 6) is 0.0793. The van der Waals surface area contributed by atoms with Crippen molar-refractivity contribution < 1.29 is 9.53 Å². The van der Waals surface area contributed by atoms with E-state index in [9.17, 15) is 4.79 Å². The number of hydrogen-bond acceptors (Lipinski definition) is 4. The lowest BCUT2D eigenvalue weighted by Crippen LogP contribution is -2.20. The zero-order valence-corrected chi connectivity index (χ0v) is 15.8. The van der Waals surface area contributed by atoms with Crippen LogP contribution in [0.15, 0.2) is 42.5 Å². The lowest BCUT2D eigenvalue weighted by atomic mass is 9.92. The number of amides is 1. The Morgan fingerprint density at radius 2 is 1.89 bits per heavy atom. The molecule has 140 valence electrons. The fraction of sp³-hybridized carbons (Fsp3) is 0.273. The number of nitrogens with zero attached hydrogens (tertiary/aromatic N) is 1. The van der Waals surface area contributed by atoms with E-state index in [-0.39, 0.29) is 6.61 Å². The molecule has 0 aliphatic carbocycles. The van der Waals surface area contributed by atoms with Gasteiger partial charge < -0.3 is 16.2 Å². The van der Waals surface area contributed by atoms with Crippen LogP contribution in [0.25, 0.3) is 22.0 Å². The van der Waals surface area contributed by atoms with Crippen LogP contribution in [0.5, 0.6) is 5.75 Å². The summed E-state index contributed by atoms with van der Waals surface area (Å²) < 4.78 is 5.50. The molecule has 0 saturated heterocycles. The summed E-state index contributed by atoms with van der Waals surface area (Å²) in [6.45, 7) is 4.46. The Labute approximate surface area is 159 Å². The molecule has 3 rings (SSSR count). The van der Waals surface area contributed by atoms with Gasteiger partial charge in [0.15, 0.2) is 6.61 Å². The lowest BCUT2D eigenvalue weighted by Gasteiger charge is -2.17. The number of aromatic nitrogens is 1. The van der Waals surface area contributed by atoms with E-state index in [1.165, 1.54) is 5.56 Å². The van der Waals surface area contributed by atoms with Crippen molar-refractivity contribution in [3.63, 3.8) is 0 Å². The Bertz CT molecular complexity index is 965. The van der Waals surface area contributed by atoms with Gasteiger partial charge in [-0.1, -0.05) is 43.2 Å². The second kappa shape index (κ2) is 8.18. The van der Waals surface area contributed by atoms with Gasteiger partial charge in [-0.05, 0) is 48.2 Å². The fourth-order valence-corrected chi connectivity index (χ4v) is 3.29. The standard InChI is InChI=1S/C22H25N3O2/c1-3-4-19-18(12-23)22(15-7-5-14(2)6-8-15)17-11-16(27-13-21(24)26)9-10-20(17)25-19/h5-11H,3-4,12-13,23H2,1-2H3,(H2,24,26). The number of hydrogen-bond donors (Lipinski definition) is 2. The van der Waals surface area contributed by atoms with Gasteiger partial charge in [-0.25, -0.2) is 0 Å². The third kappa shape index (κ3) is 4.09. The van der Waals surface area contributed by atoms with E-state index >= 15 is 0 Å². The molecule has 1 heterocycles. The maximum Gasteiger partial charge on any atom is 0.255 e. The van der Waals surface area contributed by atoms with Gasteiger partial charge in [0.25, 0.3) is 5.91 Å². The molecule has 0 aliphatic rings. The zero-order valence-electron chi connectivity index (χ0n) is 15.8. The summed E-state index contributed by atoms with van der Waals surface area (Å²) in [4.78, 5) is 15.9. The van der Waals surface area contributed by atoms with E-state index in [0.29, 0.717) is 12.3 Å². The summed E-state index contributed by atoms with van der Waals surface area (Å²) >= 11 is 0. The van der Waals surface area contributed by atoms with Crippen molar-refractivity contribution in [3.05, 3.63) is 59.3 Å². The number of nitrogens with two attached hydrogens (primary N) is 2. The average molecular weight is 363 g/mol. The molecule has 0 radical (unpaired) electrons. The molecule has 1 aromatic heterocycles. The highest BCUT2D eigenvalue weighted by Crippen LogP contribution is 2.35. The van der Waals surface area contributed by atoms with Gasteiger partial charge in [0.1, 0.15) is 5.75 Å². The fourth-order valence-electron chi connectivity index (χ4n) is 3.29. The minimum Gasteiger partial charge on any atom is -0.484 e. The van der Waals surface area contributed by atoms with E-state index in [1.807, 2.05) is 18.2 Å². The zero-order chi connectivity index (χ0) is 19.4. The first-order chi connectivity index (χ1) is 13.0. The highest BCUT2D eigenvalue weighted by atomic mass is 16.5. The molecule has 0 spiro atoms. The van der Waals surface area contributed by atoms with E-state index in [4.69, 9.17) is 21.2 Å². The molecule has 4 N–H and O–H groups in total. The first kappa shape index (κ1) is 18.9. The molecule has 1 amide bonds. The normalized spacial score (nSPS) is 10.9. The van der Waals surface area contributed by atoms with Crippen molar-refractivity contribution in [1.82, 2.24) is 4.98 Å². The summed E-state index contributed by atoms with van der Waals surface area (Å²) in [6.07, 6.45) is 1.87. The van der Waals surface area contributed by atoms with E-state index in [1.54, 1.807) is 0 Å². The predicted molar refractivity (Wildman–Crippen MR) is 108 cm³/mol. The molecule has 0 aliphatic heterocycles. The van der Waals surface area contributed by atoms with Crippen LogP contribution in [0.2, 0.25) is 0 Å². The number of aryl methyl sites for hydroxylation is 2. The predicted octanol–water partition coefficient (Wildman–Crippen LogP) is 3.49. The first-order valence-electron chi connectivity index (χ1n) is 9.17. The van der Waals surface area contributed by atoms with E-state index in [2.05, 4.69) is 38.1 Å². The van der Waals surface area contributed by atoms with Crippen LogP contribution in [-0.2, 0) is 17.8 Å². The van der Waals surface area contributed by atoms with Crippen molar-refractivity contribution in [2.75, 3.05) is 6.61 Å². The Kier molecular flexibility index (Phi) is 5.72. The number of benzene rings is 2. The van der Waals surface area contributed by atoms with Crippen molar-refractivity contribution in [2.45, 2.75) is 33.2 Å². The van der Waals surface area contributed by atoms with Crippen LogP contribution in [0, 0.1) is 6.92 Å². The van der Waals surface area contributed by atoms with Crippen LogP contribution >= 0.6 is 0 Å². The summed E-state index contributed by atoms with van der Waals surface area (Å²) in [7, 11) is 0. The molecule has 0 saturated carbocycles. The maximum absolute atomic E-state index is 11.0. The van der Waals surface area contributed by atoms with Crippen molar-refractivity contribution >= 4 is 16.8 Å². The van der Waals surface area contributed by atoms with E-state index < -0.39 is 5.91 Å². The Morgan fingerprint density at radius 3 is 2.52 bits per heavy atom. The average Bonchev–Trinajstić information content (AvgIpc) is 2.66. The summed E-state index contributed by atoms with van der Waals surface area (Å²) in [6, 6.07) is 14.0. The SMILES string of the molecule is CCCc1nc2ccc(OCC(N)=O)cc2c(-c2ccc(C)cc2)c1CN.